The summed E-state index contributed by atoms with van der Waals surface area (Å²) in [6, 6.07) is 15.0. The number of benzene rings is 2. The van der Waals surface area contributed by atoms with Crippen LogP contribution in [-0.2, 0) is 10.3 Å². The lowest BCUT2D eigenvalue weighted by Crippen LogP contribution is -2.51. The van der Waals surface area contributed by atoms with Gasteiger partial charge in [-0.2, -0.15) is 0 Å². The molecule has 152 valence electrons. The molecule has 3 aromatic rings. The highest BCUT2D eigenvalue weighted by Gasteiger charge is 2.64. The second-order valence-corrected chi connectivity index (χ2v) is 8.68. The van der Waals surface area contributed by atoms with Crippen LogP contribution in [0.5, 0.6) is 0 Å². The summed E-state index contributed by atoms with van der Waals surface area (Å²) < 4.78 is 19.8. The van der Waals surface area contributed by atoms with Gasteiger partial charge in [0.05, 0.1) is 12.2 Å². The van der Waals surface area contributed by atoms with Crippen LogP contribution >= 0.6 is 15.9 Å². The molecule has 0 aliphatic carbocycles. The topological polar surface area (TPSA) is 62.6 Å². The predicted molar refractivity (Wildman–Crippen MR) is 113 cm³/mol. The highest BCUT2D eigenvalue weighted by molar-refractivity contribution is 9.10. The van der Waals surface area contributed by atoms with Crippen molar-refractivity contribution in [2.75, 3.05) is 18.9 Å². The normalized spacial score (nSPS) is 25.5. The highest BCUT2D eigenvalue weighted by atomic mass is 79.9. The second kappa shape index (κ2) is 6.89. The first-order chi connectivity index (χ1) is 14.4. The number of anilines is 1. The zero-order valence-corrected chi connectivity index (χ0v) is 17.6. The molecule has 7 heteroatoms. The van der Waals surface area contributed by atoms with Gasteiger partial charge in [-0.25, -0.2) is 4.39 Å². The third-order valence-electron chi connectivity index (χ3n) is 6.26. The first-order valence-electron chi connectivity index (χ1n) is 9.59. The van der Waals surface area contributed by atoms with Gasteiger partial charge in [0.1, 0.15) is 11.4 Å². The summed E-state index contributed by atoms with van der Waals surface area (Å²) in [6.45, 7) is 0.460. The average Bonchev–Trinajstić information content (AvgIpc) is 3.42. The van der Waals surface area contributed by atoms with E-state index < -0.39 is 11.5 Å². The zero-order chi connectivity index (χ0) is 21.0. The fourth-order valence-electron chi connectivity index (χ4n) is 4.99. The molecule has 30 heavy (non-hydrogen) atoms. The van der Waals surface area contributed by atoms with Crippen molar-refractivity contribution in [3.63, 3.8) is 0 Å². The van der Waals surface area contributed by atoms with Gasteiger partial charge < -0.3 is 9.73 Å². The van der Waals surface area contributed by atoms with Crippen molar-refractivity contribution < 1.29 is 18.4 Å². The molecule has 2 aliphatic rings. The van der Waals surface area contributed by atoms with Crippen LogP contribution in [0.4, 0.5) is 10.1 Å². The average molecular weight is 469 g/mol. The highest BCUT2D eigenvalue weighted by Crippen LogP contribution is 2.56. The fourth-order valence-corrected chi connectivity index (χ4v) is 5.35. The van der Waals surface area contributed by atoms with Gasteiger partial charge in [0.15, 0.2) is 5.76 Å². The Morgan fingerprint density at radius 2 is 2.00 bits per heavy atom. The number of carbonyl (C=O) groups excluding carboxylic acids is 2. The van der Waals surface area contributed by atoms with Crippen molar-refractivity contribution in [1.82, 2.24) is 4.90 Å². The molecule has 0 unspecified atom stereocenters. The fraction of sp³-hybridized carbons (Fsp3) is 0.217. The van der Waals surface area contributed by atoms with Crippen LogP contribution in [0.3, 0.4) is 0 Å². The number of halogens is 2. The van der Waals surface area contributed by atoms with Crippen molar-refractivity contribution >= 4 is 33.3 Å². The minimum atomic E-state index is -1.19. The number of furan rings is 1. The molecule has 1 N–H and O–H groups in total. The molecule has 0 bridgehead atoms. The maximum absolute atomic E-state index is 13.7. The van der Waals surface area contributed by atoms with Crippen molar-refractivity contribution in [3.05, 3.63) is 88.0 Å². The van der Waals surface area contributed by atoms with E-state index in [9.17, 15) is 14.0 Å². The van der Waals surface area contributed by atoms with E-state index in [2.05, 4.69) is 21.2 Å². The number of fused-ring (bicyclic) bond motifs is 2. The van der Waals surface area contributed by atoms with E-state index in [0.717, 1.165) is 15.6 Å². The smallest absolute Gasteiger partial charge is 0.250 e. The van der Waals surface area contributed by atoms with Gasteiger partial charge in [0, 0.05) is 28.2 Å². The first-order valence-corrected chi connectivity index (χ1v) is 10.4. The minimum absolute atomic E-state index is 0.207. The molecular weight excluding hydrogens is 451 g/mol. The van der Waals surface area contributed by atoms with E-state index >= 15 is 0 Å². The number of hydrogen-bond acceptors (Lipinski definition) is 4. The number of nitrogens with one attached hydrogen (secondary N) is 1. The standard InChI is InChI=1S/C23H18BrFN2O3/c1-27-12-16(13-4-7-15(25)8-5-13)20(21(28)19-3-2-10-30-19)23(27)17-11-14(24)6-9-18(17)26-22(23)29/h2-11,16,20H,12H2,1H3,(H,26,29)/t16-,20-,23+/m1/s1. The number of ketones is 1. The molecule has 1 aromatic heterocycles. The summed E-state index contributed by atoms with van der Waals surface area (Å²) in [5.74, 6) is -1.69. The van der Waals surface area contributed by atoms with Gasteiger partial charge >= 0.3 is 0 Å². The third kappa shape index (κ3) is 2.62. The molecule has 2 aromatic carbocycles. The van der Waals surface area contributed by atoms with Gasteiger partial charge in [-0.3, -0.25) is 14.5 Å². The number of likely N-dealkylation sites (tertiary alicyclic amines) is 1. The summed E-state index contributed by atoms with van der Waals surface area (Å²) in [7, 11) is 1.85. The summed E-state index contributed by atoms with van der Waals surface area (Å²) in [6.07, 6.45) is 1.45. The molecule has 5 rings (SSSR count). The van der Waals surface area contributed by atoms with Crippen LogP contribution in [0.2, 0.25) is 0 Å². The number of amides is 1. The van der Waals surface area contributed by atoms with E-state index in [0.29, 0.717) is 12.2 Å². The first kappa shape index (κ1) is 19.2. The van der Waals surface area contributed by atoms with E-state index in [1.54, 1.807) is 24.3 Å². The molecule has 1 saturated heterocycles. The lowest BCUT2D eigenvalue weighted by Gasteiger charge is -2.35. The Morgan fingerprint density at radius 3 is 2.70 bits per heavy atom. The summed E-state index contributed by atoms with van der Waals surface area (Å²) in [5.41, 5.74) is 1.05. The maximum Gasteiger partial charge on any atom is 0.250 e. The zero-order valence-electron chi connectivity index (χ0n) is 16.1. The van der Waals surface area contributed by atoms with E-state index in [-0.39, 0.29) is 29.2 Å². The van der Waals surface area contributed by atoms with Gasteiger partial charge in [-0.05, 0) is 55.1 Å². The number of hydrogen-bond donors (Lipinski definition) is 1. The van der Waals surface area contributed by atoms with Crippen LogP contribution in [0, 0.1) is 11.7 Å². The van der Waals surface area contributed by atoms with E-state index in [4.69, 9.17) is 4.42 Å². The van der Waals surface area contributed by atoms with Crippen molar-refractivity contribution in [2.24, 2.45) is 5.92 Å². The predicted octanol–water partition coefficient (Wildman–Crippen LogP) is 4.56. The molecular formula is C23H18BrFN2O3. The SMILES string of the molecule is CN1C[C@H](c2ccc(F)cc2)[C@H](C(=O)c2ccco2)[C@@]12C(=O)Nc1ccc(Br)cc12. The van der Waals surface area contributed by atoms with Crippen LogP contribution in [0.25, 0.3) is 0 Å². The summed E-state index contributed by atoms with van der Waals surface area (Å²) in [4.78, 5) is 29.1. The Kier molecular flexibility index (Phi) is 4.41. The number of likely N-dealkylation sites (N-methyl/N-ethyl adjacent to an activating group) is 1. The lowest BCUT2D eigenvalue weighted by molar-refractivity contribution is -0.126. The minimum Gasteiger partial charge on any atom is -0.461 e. The van der Waals surface area contributed by atoms with Crippen molar-refractivity contribution in [3.8, 4) is 0 Å². The number of rotatable bonds is 3. The van der Waals surface area contributed by atoms with Gasteiger partial charge in [0.2, 0.25) is 11.7 Å². The van der Waals surface area contributed by atoms with Crippen LogP contribution < -0.4 is 5.32 Å². The van der Waals surface area contributed by atoms with Gasteiger partial charge in [-0.15, -0.1) is 0 Å². The van der Waals surface area contributed by atoms with Crippen molar-refractivity contribution in [1.29, 1.82) is 0 Å². The second-order valence-electron chi connectivity index (χ2n) is 7.77. The van der Waals surface area contributed by atoms with Crippen molar-refractivity contribution in [2.45, 2.75) is 11.5 Å². The Labute approximate surface area is 181 Å². The monoisotopic (exact) mass is 468 g/mol. The molecule has 1 fully saturated rings. The molecule has 3 heterocycles. The van der Waals surface area contributed by atoms with E-state index in [1.807, 2.05) is 30.1 Å². The number of nitrogens with zero attached hydrogens (tertiary/aromatic N) is 1. The van der Waals surface area contributed by atoms with Gasteiger partial charge in [0.25, 0.3) is 0 Å². The quantitative estimate of drug-likeness (QED) is 0.572. The Bertz CT molecular complexity index is 1150. The summed E-state index contributed by atoms with van der Waals surface area (Å²) >= 11 is 3.50. The Balaban J connectivity index is 1.74. The number of Topliss-reactive ketones (excluding diaryl/α,β-unsaturated/α-hetero) is 1. The Hall–Kier alpha value is -2.77. The van der Waals surface area contributed by atoms with Crippen LogP contribution in [0.15, 0.2) is 69.8 Å². The number of carbonyl (C=O) groups is 2. The lowest BCUT2D eigenvalue weighted by atomic mass is 9.71. The Morgan fingerprint density at radius 1 is 1.23 bits per heavy atom. The molecule has 3 atom stereocenters. The molecule has 1 spiro atoms. The molecule has 1 amide bonds. The third-order valence-corrected chi connectivity index (χ3v) is 6.75. The molecule has 0 radical (unpaired) electrons. The molecule has 5 nitrogen and oxygen atoms in total. The maximum atomic E-state index is 13.7. The van der Waals surface area contributed by atoms with Crippen LogP contribution in [0.1, 0.15) is 27.6 Å². The molecule has 2 aliphatic heterocycles. The van der Waals surface area contributed by atoms with Gasteiger partial charge in [-0.1, -0.05) is 28.1 Å². The largest absolute Gasteiger partial charge is 0.461 e. The summed E-state index contributed by atoms with van der Waals surface area (Å²) in [5, 5.41) is 2.95. The van der Waals surface area contributed by atoms with E-state index in [1.165, 1.54) is 18.4 Å². The molecule has 0 saturated carbocycles. The van der Waals surface area contributed by atoms with Crippen LogP contribution in [-0.4, -0.2) is 30.2 Å².